The normalized spacial score (nSPS) is 10.8. The molecule has 0 aliphatic carbocycles. The Bertz CT molecular complexity index is 340. The second-order valence-corrected chi connectivity index (χ2v) is 4.73. The van der Waals surface area contributed by atoms with E-state index in [2.05, 4.69) is 62.0 Å². The van der Waals surface area contributed by atoms with Crippen LogP contribution in [0.4, 0.5) is 0 Å². The lowest BCUT2D eigenvalue weighted by atomic mass is 10.1. The highest BCUT2D eigenvalue weighted by molar-refractivity contribution is 5.22. The summed E-state index contributed by atoms with van der Waals surface area (Å²) in [7, 11) is 2.13. The molecule has 0 spiro atoms. The van der Waals surface area contributed by atoms with E-state index in [-0.39, 0.29) is 0 Å². The molecule has 0 unspecified atom stereocenters. The Balaban J connectivity index is 2.47. The maximum Gasteiger partial charge on any atom is 0.0234 e. The molecular formula is C15H24N2. The minimum atomic E-state index is 0.957. The Labute approximate surface area is 105 Å². The molecule has 0 radical (unpaired) electrons. The third-order valence-electron chi connectivity index (χ3n) is 2.59. The molecule has 94 valence electrons. The van der Waals surface area contributed by atoms with Gasteiger partial charge in [0, 0.05) is 19.6 Å². The molecule has 0 aromatic heterocycles. The predicted octanol–water partition coefficient (Wildman–Crippen LogP) is 2.80. The summed E-state index contributed by atoms with van der Waals surface area (Å²) in [5.74, 6) is 0. The zero-order valence-corrected chi connectivity index (χ0v) is 11.3. The van der Waals surface area contributed by atoms with E-state index in [1.54, 1.807) is 0 Å². The van der Waals surface area contributed by atoms with E-state index in [1.807, 2.05) is 0 Å². The Morgan fingerprint density at radius 2 is 1.82 bits per heavy atom. The Morgan fingerprint density at radius 1 is 1.24 bits per heavy atom. The van der Waals surface area contributed by atoms with E-state index in [0.717, 1.165) is 26.2 Å². The molecule has 0 saturated heterocycles. The summed E-state index contributed by atoms with van der Waals surface area (Å²) in [6, 6.07) is 8.82. The lowest BCUT2D eigenvalue weighted by molar-refractivity contribution is 0.355. The quantitative estimate of drug-likeness (QED) is 0.727. The molecule has 0 aliphatic rings. The molecule has 1 aromatic rings. The zero-order valence-electron chi connectivity index (χ0n) is 11.3. The summed E-state index contributed by atoms with van der Waals surface area (Å²) in [6.45, 7) is 12.0. The van der Waals surface area contributed by atoms with E-state index in [9.17, 15) is 0 Å². The van der Waals surface area contributed by atoms with Gasteiger partial charge < -0.3 is 5.32 Å². The van der Waals surface area contributed by atoms with Gasteiger partial charge in [-0.1, -0.05) is 43.3 Å². The van der Waals surface area contributed by atoms with Crippen molar-refractivity contribution in [1.29, 1.82) is 0 Å². The molecule has 1 aromatic carbocycles. The van der Waals surface area contributed by atoms with Crippen LogP contribution in [0.5, 0.6) is 0 Å². The second-order valence-electron chi connectivity index (χ2n) is 4.73. The topological polar surface area (TPSA) is 15.3 Å². The smallest absolute Gasteiger partial charge is 0.0234 e. The minimum Gasteiger partial charge on any atom is -0.313 e. The van der Waals surface area contributed by atoms with Gasteiger partial charge in [0.1, 0.15) is 0 Å². The molecule has 0 fully saturated rings. The largest absolute Gasteiger partial charge is 0.313 e. The van der Waals surface area contributed by atoms with Crippen molar-refractivity contribution in [2.45, 2.75) is 26.9 Å². The highest BCUT2D eigenvalue weighted by Crippen LogP contribution is 2.07. The van der Waals surface area contributed by atoms with Gasteiger partial charge in [-0.05, 0) is 31.6 Å². The van der Waals surface area contributed by atoms with E-state index in [0.29, 0.717) is 0 Å². The van der Waals surface area contributed by atoms with Gasteiger partial charge in [0.25, 0.3) is 0 Å². The fourth-order valence-electron chi connectivity index (χ4n) is 1.86. The fourth-order valence-corrected chi connectivity index (χ4v) is 1.86. The number of hydrogen-bond donors (Lipinski definition) is 1. The molecule has 0 atom stereocenters. The molecule has 17 heavy (non-hydrogen) atoms. The van der Waals surface area contributed by atoms with Crippen LogP contribution in [0, 0.1) is 0 Å². The first-order chi connectivity index (χ1) is 8.11. The highest BCUT2D eigenvalue weighted by Gasteiger charge is 2.00. The molecule has 0 heterocycles. The summed E-state index contributed by atoms with van der Waals surface area (Å²) < 4.78 is 0. The van der Waals surface area contributed by atoms with Crippen molar-refractivity contribution < 1.29 is 0 Å². The maximum atomic E-state index is 3.93. The lowest BCUT2D eigenvalue weighted by Crippen LogP contribution is -2.19. The van der Waals surface area contributed by atoms with Crippen LogP contribution in [-0.2, 0) is 13.1 Å². The first-order valence-corrected chi connectivity index (χ1v) is 6.23. The van der Waals surface area contributed by atoms with E-state index in [4.69, 9.17) is 0 Å². The summed E-state index contributed by atoms with van der Waals surface area (Å²) in [6.07, 6.45) is 0. The van der Waals surface area contributed by atoms with Crippen molar-refractivity contribution in [1.82, 2.24) is 10.2 Å². The third-order valence-corrected chi connectivity index (χ3v) is 2.59. The molecule has 0 saturated carbocycles. The van der Waals surface area contributed by atoms with Crippen LogP contribution >= 0.6 is 0 Å². The van der Waals surface area contributed by atoms with Crippen LogP contribution in [0.15, 0.2) is 36.4 Å². The predicted molar refractivity (Wildman–Crippen MR) is 75.0 cm³/mol. The summed E-state index contributed by atoms with van der Waals surface area (Å²) >= 11 is 0. The van der Waals surface area contributed by atoms with Gasteiger partial charge >= 0.3 is 0 Å². The van der Waals surface area contributed by atoms with Crippen molar-refractivity contribution in [3.63, 3.8) is 0 Å². The third kappa shape index (κ3) is 5.66. The number of likely N-dealkylation sites (N-methyl/N-ethyl adjacent to an activating group) is 1. The Kier molecular flexibility index (Phi) is 5.95. The first kappa shape index (κ1) is 13.9. The van der Waals surface area contributed by atoms with Crippen LogP contribution in [-0.4, -0.2) is 25.0 Å². The van der Waals surface area contributed by atoms with Gasteiger partial charge in [-0.3, -0.25) is 4.90 Å². The van der Waals surface area contributed by atoms with Crippen molar-refractivity contribution in [3.05, 3.63) is 47.5 Å². The number of nitrogens with zero attached hydrogens (tertiary/aromatic N) is 1. The molecular weight excluding hydrogens is 208 g/mol. The average Bonchev–Trinajstić information content (AvgIpc) is 2.27. The fraction of sp³-hybridized carbons (Fsp3) is 0.467. The van der Waals surface area contributed by atoms with Crippen molar-refractivity contribution in [2.75, 3.05) is 20.1 Å². The van der Waals surface area contributed by atoms with Crippen molar-refractivity contribution in [2.24, 2.45) is 0 Å². The monoisotopic (exact) mass is 232 g/mol. The summed E-state index contributed by atoms with van der Waals surface area (Å²) in [4.78, 5) is 2.28. The number of benzene rings is 1. The Hall–Kier alpha value is -1.12. The molecule has 1 rings (SSSR count). The number of hydrogen-bond acceptors (Lipinski definition) is 2. The van der Waals surface area contributed by atoms with Gasteiger partial charge in [0.15, 0.2) is 0 Å². The van der Waals surface area contributed by atoms with Gasteiger partial charge in [-0.15, -0.1) is 0 Å². The first-order valence-electron chi connectivity index (χ1n) is 6.23. The minimum absolute atomic E-state index is 0.957. The van der Waals surface area contributed by atoms with Gasteiger partial charge in [-0.25, -0.2) is 0 Å². The van der Waals surface area contributed by atoms with E-state index in [1.165, 1.54) is 16.7 Å². The average molecular weight is 232 g/mol. The van der Waals surface area contributed by atoms with Crippen molar-refractivity contribution in [3.8, 4) is 0 Å². The van der Waals surface area contributed by atoms with Gasteiger partial charge in [-0.2, -0.15) is 0 Å². The highest BCUT2D eigenvalue weighted by atomic mass is 15.1. The van der Waals surface area contributed by atoms with Crippen LogP contribution in [0.25, 0.3) is 0 Å². The van der Waals surface area contributed by atoms with Crippen LogP contribution < -0.4 is 5.32 Å². The summed E-state index contributed by atoms with van der Waals surface area (Å²) in [5.41, 5.74) is 3.91. The Morgan fingerprint density at radius 3 is 2.35 bits per heavy atom. The molecule has 2 heteroatoms. The molecule has 1 N–H and O–H groups in total. The lowest BCUT2D eigenvalue weighted by Gasteiger charge is -2.16. The van der Waals surface area contributed by atoms with Crippen LogP contribution in [0.1, 0.15) is 25.0 Å². The van der Waals surface area contributed by atoms with Crippen LogP contribution in [0.3, 0.4) is 0 Å². The molecule has 0 bridgehead atoms. The number of rotatable bonds is 7. The second kappa shape index (κ2) is 7.25. The van der Waals surface area contributed by atoms with E-state index >= 15 is 0 Å². The number of nitrogens with one attached hydrogen (secondary N) is 1. The summed E-state index contributed by atoms with van der Waals surface area (Å²) in [5, 5.41) is 3.33. The SMILES string of the molecule is C=C(C)CN(C)Cc1ccc(CNCC)cc1. The van der Waals surface area contributed by atoms with Crippen molar-refractivity contribution >= 4 is 0 Å². The molecule has 0 aliphatic heterocycles. The molecule has 0 amide bonds. The van der Waals surface area contributed by atoms with Gasteiger partial charge in [0.05, 0.1) is 0 Å². The van der Waals surface area contributed by atoms with Gasteiger partial charge in [0.2, 0.25) is 0 Å². The molecule has 2 nitrogen and oxygen atoms in total. The van der Waals surface area contributed by atoms with Crippen LogP contribution in [0.2, 0.25) is 0 Å². The zero-order chi connectivity index (χ0) is 12.7. The van der Waals surface area contributed by atoms with E-state index < -0.39 is 0 Å². The maximum absolute atomic E-state index is 3.93. The standard InChI is InChI=1S/C15H24N2/c1-5-16-10-14-6-8-15(9-7-14)12-17(4)11-13(2)3/h6-9,16H,2,5,10-12H2,1,3-4H3.